The van der Waals surface area contributed by atoms with E-state index in [1.54, 1.807) is 11.3 Å². The zero-order chi connectivity index (χ0) is 12.4. The first kappa shape index (κ1) is 12.7. The number of anilines is 1. The molecule has 0 aliphatic carbocycles. The molecule has 0 bridgehead atoms. The molecule has 0 unspecified atom stereocenters. The Labute approximate surface area is 117 Å². The van der Waals surface area contributed by atoms with E-state index in [0.29, 0.717) is 0 Å². The normalized spacial score (nSPS) is 23.5. The molecule has 0 spiro atoms. The quantitative estimate of drug-likeness (QED) is 0.828. The van der Waals surface area contributed by atoms with Crippen LogP contribution in [0.25, 0.3) is 0 Å². The van der Waals surface area contributed by atoms with Gasteiger partial charge >= 0.3 is 0 Å². The van der Waals surface area contributed by atoms with Crippen molar-refractivity contribution in [3.63, 3.8) is 0 Å². The lowest BCUT2D eigenvalue weighted by Gasteiger charge is -2.39. The van der Waals surface area contributed by atoms with Gasteiger partial charge in [0.2, 0.25) is 5.13 Å². The smallest absolute Gasteiger partial charge is 0.208 e. The van der Waals surface area contributed by atoms with Gasteiger partial charge in [0.15, 0.2) is 0 Å². The fourth-order valence-corrected chi connectivity index (χ4v) is 4.45. The molecule has 1 aromatic heterocycles. The lowest BCUT2D eigenvalue weighted by molar-refractivity contribution is 0.186. The minimum Gasteiger partial charge on any atom is -0.347 e. The number of piperidine rings is 1. The Kier molecular flexibility index (Phi) is 4.06. The summed E-state index contributed by atoms with van der Waals surface area (Å²) in [7, 11) is 0. The summed E-state index contributed by atoms with van der Waals surface area (Å²) in [6.45, 7) is 6.88. The van der Waals surface area contributed by atoms with Crippen molar-refractivity contribution in [2.45, 2.75) is 25.8 Å². The molecule has 4 nitrogen and oxygen atoms in total. The second kappa shape index (κ2) is 5.75. The van der Waals surface area contributed by atoms with Crippen LogP contribution in [-0.4, -0.2) is 58.8 Å². The summed E-state index contributed by atoms with van der Waals surface area (Å²) in [5.41, 5.74) is 0. The van der Waals surface area contributed by atoms with Crippen molar-refractivity contribution in [3.8, 4) is 0 Å². The van der Waals surface area contributed by atoms with Crippen molar-refractivity contribution in [1.82, 2.24) is 15.1 Å². The highest BCUT2D eigenvalue weighted by Gasteiger charge is 2.26. The molecule has 0 atom stereocenters. The van der Waals surface area contributed by atoms with E-state index in [1.165, 1.54) is 37.4 Å². The fraction of sp³-hybridized carbons (Fsp3) is 0.833. The van der Waals surface area contributed by atoms with Crippen molar-refractivity contribution in [2.75, 3.05) is 42.6 Å². The van der Waals surface area contributed by atoms with Crippen LogP contribution < -0.4 is 4.90 Å². The van der Waals surface area contributed by atoms with Crippen LogP contribution in [0.5, 0.6) is 0 Å². The van der Waals surface area contributed by atoms with Crippen LogP contribution in [0.1, 0.15) is 17.8 Å². The summed E-state index contributed by atoms with van der Waals surface area (Å²) in [6.07, 6.45) is 2.56. The van der Waals surface area contributed by atoms with E-state index in [4.69, 9.17) is 0 Å². The first-order valence-corrected chi connectivity index (χ1v) is 8.67. The van der Waals surface area contributed by atoms with Crippen molar-refractivity contribution in [1.29, 1.82) is 0 Å². The number of aromatic nitrogens is 2. The van der Waals surface area contributed by atoms with E-state index in [0.717, 1.165) is 29.3 Å². The van der Waals surface area contributed by atoms with Gasteiger partial charge in [-0.15, -0.1) is 10.2 Å². The average molecular weight is 284 g/mol. The Bertz CT molecular complexity index is 381. The number of rotatable bonds is 2. The van der Waals surface area contributed by atoms with Crippen LogP contribution in [0.4, 0.5) is 5.13 Å². The Morgan fingerprint density at radius 1 is 1.06 bits per heavy atom. The highest BCUT2D eigenvalue weighted by atomic mass is 32.2. The van der Waals surface area contributed by atoms with Crippen molar-refractivity contribution < 1.29 is 0 Å². The predicted octanol–water partition coefficient (Wildman–Crippen LogP) is 1.86. The minimum absolute atomic E-state index is 0.802. The van der Waals surface area contributed by atoms with Gasteiger partial charge in [0.1, 0.15) is 5.01 Å². The number of hydrogen-bond donors (Lipinski definition) is 0. The van der Waals surface area contributed by atoms with E-state index in [9.17, 15) is 0 Å². The van der Waals surface area contributed by atoms with E-state index in [-0.39, 0.29) is 0 Å². The molecule has 2 fully saturated rings. The summed E-state index contributed by atoms with van der Waals surface area (Å²) < 4.78 is 0. The average Bonchev–Trinajstić information content (AvgIpc) is 2.87. The third-order valence-corrected chi connectivity index (χ3v) is 5.65. The van der Waals surface area contributed by atoms with Crippen molar-refractivity contribution in [3.05, 3.63) is 5.01 Å². The maximum Gasteiger partial charge on any atom is 0.208 e. The molecule has 100 valence electrons. The highest BCUT2D eigenvalue weighted by molar-refractivity contribution is 7.99. The molecular weight excluding hydrogens is 264 g/mol. The molecule has 6 heteroatoms. The standard InChI is InChI=1S/C12H20N4S2/c1-10-13-14-12(18-10)16-4-2-11(3-5-16)15-6-8-17-9-7-15/h11H,2-9H2,1H3. The molecule has 0 aromatic carbocycles. The van der Waals surface area contributed by atoms with Gasteiger partial charge in [-0.2, -0.15) is 11.8 Å². The third kappa shape index (κ3) is 2.81. The Balaban J connectivity index is 1.54. The Morgan fingerprint density at radius 2 is 1.78 bits per heavy atom. The van der Waals surface area contributed by atoms with Gasteiger partial charge in [0.05, 0.1) is 0 Å². The molecule has 0 N–H and O–H groups in total. The maximum atomic E-state index is 4.25. The number of thioether (sulfide) groups is 1. The van der Waals surface area contributed by atoms with E-state index < -0.39 is 0 Å². The SMILES string of the molecule is Cc1nnc(N2CCC(N3CCSCC3)CC2)s1. The Hall–Kier alpha value is -0.330. The van der Waals surface area contributed by atoms with Gasteiger partial charge in [0, 0.05) is 43.7 Å². The molecule has 18 heavy (non-hydrogen) atoms. The molecule has 2 aliphatic heterocycles. The van der Waals surface area contributed by atoms with Gasteiger partial charge < -0.3 is 4.90 Å². The first-order valence-electron chi connectivity index (χ1n) is 6.70. The third-order valence-electron chi connectivity index (χ3n) is 3.81. The highest BCUT2D eigenvalue weighted by Crippen LogP contribution is 2.26. The second-order valence-electron chi connectivity index (χ2n) is 4.97. The molecule has 0 amide bonds. The van der Waals surface area contributed by atoms with Crippen molar-refractivity contribution in [2.24, 2.45) is 0 Å². The zero-order valence-corrected chi connectivity index (χ0v) is 12.5. The monoisotopic (exact) mass is 284 g/mol. The molecule has 2 saturated heterocycles. The topological polar surface area (TPSA) is 32.3 Å². The van der Waals surface area contributed by atoms with E-state index in [1.807, 2.05) is 6.92 Å². The fourth-order valence-electron chi connectivity index (χ4n) is 2.78. The molecule has 3 rings (SSSR count). The van der Waals surface area contributed by atoms with Crippen LogP contribution >= 0.6 is 23.1 Å². The van der Waals surface area contributed by atoms with Crippen LogP contribution in [0.2, 0.25) is 0 Å². The van der Waals surface area contributed by atoms with Crippen LogP contribution in [-0.2, 0) is 0 Å². The van der Waals surface area contributed by atoms with Gasteiger partial charge in [-0.3, -0.25) is 4.90 Å². The first-order chi connectivity index (χ1) is 8.83. The predicted molar refractivity (Wildman–Crippen MR) is 78.8 cm³/mol. The molecule has 0 radical (unpaired) electrons. The maximum absolute atomic E-state index is 4.25. The van der Waals surface area contributed by atoms with E-state index in [2.05, 4.69) is 31.8 Å². The summed E-state index contributed by atoms with van der Waals surface area (Å²) >= 11 is 3.81. The van der Waals surface area contributed by atoms with Crippen LogP contribution in [0.3, 0.4) is 0 Å². The number of nitrogens with zero attached hydrogens (tertiary/aromatic N) is 4. The summed E-state index contributed by atoms with van der Waals surface area (Å²) in [6, 6.07) is 0.802. The Morgan fingerprint density at radius 3 is 2.39 bits per heavy atom. The lowest BCUT2D eigenvalue weighted by Crippen LogP contribution is -2.47. The molecule has 0 saturated carbocycles. The van der Waals surface area contributed by atoms with Gasteiger partial charge in [-0.1, -0.05) is 11.3 Å². The number of aryl methyl sites for hydroxylation is 1. The van der Waals surface area contributed by atoms with E-state index >= 15 is 0 Å². The minimum atomic E-state index is 0.802. The summed E-state index contributed by atoms with van der Waals surface area (Å²) in [5, 5.41) is 10.5. The van der Waals surface area contributed by atoms with Crippen LogP contribution in [0.15, 0.2) is 0 Å². The summed E-state index contributed by atoms with van der Waals surface area (Å²) in [4.78, 5) is 5.10. The molecular formula is C12H20N4S2. The molecule has 3 heterocycles. The number of hydrogen-bond acceptors (Lipinski definition) is 6. The second-order valence-corrected chi connectivity index (χ2v) is 7.36. The van der Waals surface area contributed by atoms with Crippen molar-refractivity contribution >= 4 is 28.2 Å². The lowest BCUT2D eigenvalue weighted by atomic mass is 10.0. The van der Waals surface area contributed by atoms with Crippen LogP contribution in [0, 0.1) is 6.92 Å². The molecule has 1 aromatic rings. The largest absolute Gasteiger partial charge is 0.347 e. The van der Waals surface area contributed by atoms with Gasteiger partial charge in [0.25, 0.3) is 0 Å². The zero-order valence-electron chi connectivity index (χ0n) is 10.8. The van der Waals surface area contributed by atoms with Gasteiger partial charge in [-0.05, 0) is 19.8 Å². The van der Waals surface area contributed by atoms with Gasteiger partial charge in [-0.25, -0.2) is 0 Å². The molecule has 2 aliphatic rings. The summed E-state index contributed by atoms with van der Waals surface area (Å²) in [5.74, 6) is 2.63.